The molecule has 0 spiro atoms. The van der Waals surface area contributed by atoms with Gasteiger partial charge in [-0.05, 0) is 63.5 Å². The number of piperazine rings is 1. The van der Waals surface area contributed by atoms with E-state index in [2.05, 4.69) is 68.8 Å². The fourth-order valence-corrected chi connectivity index (χ4v) is 5.01. The van der Waals surface area contributed by atoms with Gasteiger partial charge in [-0.15, -0.1) is 0 Å². The molecule has 0 saturated carbocycles. The van der Waals surface area contributed by atoms with Crippen molar-refractivity contribution in [1.82, 2.24) is 19.8 Å². The summed E-state index contributed by atoms with van der Waals surface area (Å²) in [6.07, 6.45) is 4.73. The third-order valence-corrected chi connectivity index (χ3v) is 7.11. The van der Waals surface area contributed by atoms with Crippen molar-refractivity contribution in [2.75, 3.05) is 51.7 Å². The van der Waals surface area contributed by atoms with Gasteiger partial charge in [0.25, 0.3) is 0 Å². The lowest BCUT2D eigenvalue weighted by Crippen LogP contribution is -2.50. The summed E-state index contributed by atoms with van der Waals surface area (Å²) in [7, 11) is 4.12. The van der Waals surface area contributed by atoms with Gasteiger partial charge in [0.05, 0.1) is 5.92 Å². The average Bonchev–Trinajstić information content (AvgIpc) is 3.16. The maximum absolute atomic E-state index is 13.5. The summed E-state index contributed by atoms with van der Waals surface area (Å²) >= 11 is 3.51. The Hall–Kier alpha value is -1.99. The van der Waals surface area contributed by atoms with E-state index in [1.54, 1.807) is 6.33 Å². The Morgan fingerprint density at radius 1 is 1.16 bits per heavy atom. The van der Waals surface area contributed by atoms with Gasteiger partial charge in [0.1, 0.15) is 12.1 Å². The minimum absolute atomic E-state index is 0.106. The van der Waals surface area contributed by atoms with Crippen LogP contribution in [0.5, 0.6) is 0 Å². The molecule has 2 aromatic rings. The van der Waals surface area contributed by atoms with E-state index in [4.69, 9.17) is 0 Å². The molecule has 0 radical (unpaired) electrons. The van der Waals surface area contributed by atoms with Gasteiger partial charge in [-0.2, -0.15) is 0 Å². The van der Waals surface area contributed by atoms with Crippen LogP contribution in [0.25, 0.3) is 0 Å². The third-order valence-electron chi connectivity index (χ3n) is 6.58. The van der Waals surface area contributed by atoms with Gasteiger partial charge in [-0.1, -0.05) is 35.0 Å². The highest BCUT2D eigenvalue weighted by atomic mass is 79.9. The number of carbonyl (C=O) groups excluding carboxylic acids is 1. The number of benzene rings is 1. The Labute approximate surface area is 193 Å². The normalized spacial score (nSPS) is 19.6. The highest BCUT2D eigenvalue weighted by Gasteiger charge is 2.31. The molecule has 0 N–H and O–H groups in total. The highest BCUT2D eigenvalue weighted by Crippen LogP contribution is 2.37. The van der Waals surface area contributed by atoms with E-state index in [0.717, 1.165) is 67.8 Å². The second-order valence-electron chi connectivity index (χ2n) is 9.01. The molecule has 1 aliphatic carbocycles. The number of hydrogen-bond acceptors (Lipinski definition) is 5. The van der Waals surface area contributed by atoms with Crippen molar-refractivity contribution in [2.45, 2.75) is 38.0 Å². The number of amides is 1. The molecule has 1 fully saturated rings. The topological polar surface area (TPSA) is 52.6 Å². The van der Waals surface area contributed by atoms with Gasteiger partial charge in [0.2, 0.25) is 5.91 Å². The molecule has 7 heteroatoms. The number of nitrogens with zero attached hydrogens (tertiary/aromatic N) is 5. The van der Waals surface area contributed by atoms with Crippen LogP contribution in [0.4, 0.5) is 5.82 Å². The summed E-state index contributed by atoms with van der Waals surface area (Å²) in [6.45, 7) is 6.27. The number of aryl methyl sites for hydroxylation is 1. The van der Waals surface area contributed by atoms with Crippen molar-refractivity contribution in [3.8, 4) is 0 Å². The molecule has 2 heterocycles. The van der Waals surface area contributed by atoms with Crippen molar-refractivity contribution in [2.24, 2.45) is 0 Å². The SMILES string of the molecule is C[C@@H]1CCc2ncnc(N3CCN(C(=O)[C@H](CCN(C)C)c4ccc(Br)cc4)CC3)c21. The number of carbonyl (C=O) groups is 1. The Balaban J connectivity index is 1.46. The highest BCUT2D eigenvalue weighted by molar-refractivity contribution is 9.10. The molecule has 1 aliphatic heterocycles. The van der Waals surface area contributed by atoms with Crippen LogP contribution in [0.3, 0.4) is 0 Å². The van der Waals surface area contributed by atoms with E-state index in [1.165, 1.54) is 11.3 Å². The zero-order chi connectivity index (χ0) is 22.0. The molecule has 0 bridgehead atoms. The van der Waals surface area contributed by atoms with Crippen LogP contribution in [0.2, 0.25) is 0 Å². The van der Waals surface area contributed by atoms with Crippen molar-refractivity contribution < 1.29 is 4.79 Å². The smallest absolute Gasteiger partial charge is 0.230 e. The van der Waals surface area contributed by atoms with Crippen LogP contribution < -0.4 is 4.90 Å². The molecule has 1 amide bonds. The van der Waals surface area contributed by atoms with E-state index < -0.39 is 0 Å². The molecule has 1 aromatic heterocycles. The Morgan fingerprint density at radius 3 is 2.55 bits per heavy atom. The van der Waals surface area contributed by atoms with Gasteiger partial charge < -0.3 is 14.7 Å². The van der Waals surface area contributed by atoms with Gasteiger partial charge >= 0.3 is 0 Å². The van der Waals surface area contributed by atoms with E-state index in [9.17, 15) is 4.79 Å². The monoisotopic (exact) mass is 485 g/mol. The van der Waals surface area contributed by atoms with E-state index in [1.807, 2.05) is 17.0 Å². The Kier molecular flexibility index (Phi) is 6.92. The van der Waals surface area contributed by atoms with Crippen molar-refractivity contribution >= 4 is 27.7 Å². The number of fused-ring (bicyclic) bond motifs is 1. The summed E-state index contributed by atoms with van der Waals surface area (Å²) in [4.78, 5) is 29.2. The maximum Gasteiger partial charge on any atom is 0.230 e. The minimum atomic E-state index is -0.106. The molecule has 1 saturated heterocycles. The van der Waals surface area contributed by atoms with Crippen LogP contribution in [0.15, 0.2) is 35.1 Å². The fourth-order valence-electron chi connectivity index (χ4n) is 4.75. The first-order valence-electron chi connectivity index (χ1n) is 11.2. The Morgan fingerprint density at radius 2 is 1.87 bits per heavy atom. The van der Waals surface area contributed by atoms with Crippen molar-refractivity contribution in [3.05, 3.63) is 51.9 Å². The number of rotatable bonds is 6. The summed E-state index contributed by atoms with van der Waals surface area (Å²) in [5.74, 6) is 1.73. The molecule has 2 aliphatic rings. The van der Waals surface area contributed by atoms with Gasteiger partial charge in [0.15, 0.2) is 0 Å². The van der Waals surface area contributed by atoms with Crippen LogP contribution in [-0.4, -0.2) is 72.5 Å². The summed E-state index contributed by atoms with van der Waals surface area (Å²) in [5.41, 5.74) is 3.62. The predicted octanol–water partition coefficient (Wildman–Crippen LogP) is 3.67. The average molecular weight is 486 g/mol. The second kappa shape index (κ2) is 9.65. The molecule has 0 unspecified atom stereocenters. The fraction of sp³-hybridized carbons (Fsp3) is 0.542. The lowest BCUT2D eigenvalue weighted by atomic mass is 9.93. The van der Waals surface area contributed by atoms with Crippen LogP contribution in [0, 0.1) is 0 Å². The number of halogens is 1. The van der Waals surface area contributed by atoms with Crippen molar-refractivity contribution in [1.29, 1.82) is 0 Å². The Bertz CT molecular complexity index is 909. The molecule has 4 rings (SSSR count). The zero-order valence-corrected chi connectivity index (χ0v) is 20.3. The zero-order valence-electron chi connectivity index (χ0n) is 18.7. The maximum atomic E-state index is 13.5. The quantitative estimate of drug-likeness (QED) is 0.624. The summed E-state index contributed by atoms with van der Waals surface area (Å²) < 4.78 is 1.04. The molecular weight excluding hydrogens is 454 g/mol. The molecule has 31 heavy (non-hydrogen) atoms. The lowest BCUT2D eigenvalue weighted by molar-refractivity contribution is -0.133. The second-order valence-corrected chi connectivity index (χ2v) is 9.92. The van der Waals surface area contributed by atoms with Crippen LogP contribution >= 0.6 is 15.9 Å². The first kappa shape index (κ1) is 22.2. The van der Waals surface area contributed by atoms with Gasteiger partial charge in [0, 0.05) is 41.9 Å². The van der Waals surface area contributed by atoms with E-state index >= 15 is 0 Å². The third kappa shape index (κ3) is 4.93. The van der Waals surface area contributed by atoms with Crippen LogP contribution in [-0.2, 0) is 11.2 Å². The van der Waals surface area contributed by atoms with E-state index in [-0.39, 0.29) is 11.8 Å². The van der Waals surface area contributed by atoms with Crippen LogP contribution in [0.1, 0.15) is 48.4 Å². The molecule has 166 valence electrons. The first-order chi connectivity index (χ1) is 14.9. The number of hydrogen-bond donors (Lipinski definition) is 0. The summed E-state index contributed by atoms with van der Waals surface area (Å²) in [6, 6.07) is 8.20. The number of anilines is 1. The number of aromatic nitrogens is 2. The van der Waals surface area contributed by atoms with Gasteiger partial charge in [-0.3, -0.25) is 4.79 Å². The van der Waals surface area contributed by atoms with Crippen molar-refractivity contribution in [3.63, 3.8) is 0 Å². The molecule has 2 atom stereocenters. The van der Waals surface area contributed by atoms with E-state index in [0.29, 0.717) is 5.92 Å². The summed E-state index contributed by atoms with van der Waals surface area (Å²) in [5, 5.41) is 0. The largest absolute Gasteiger partial charge is 0.353 e. The minimum Gasteiger partial charge on any atom is -0.353 e. The first-order valence-corrected chi connectivity index (χ1v) is 12.0. The standard InChI is InChI=1S/C24H32BrN5O/c1-17-4-9-21-22(17)23(27-16-26-21)29-12-14-30(15-13-29)24(31)20(10-11-28(2)3)18-5-7-19(25)8-6-18/h5-8,16-17,20H,4,9-15H2,1-3H3/t17-,20-/m1/s1. The predicted molar refractivity (Wildman–Crippen MR) is 128 cm³/mol. The molecule has 6 nitrogen and oxygen atoms in total. The van der Waals surface area contributed by atoms with Gasteiger partial charge in [-0.25, -0.2) is 9.97 Å². The lowest BCUT2D eigenvalue weighted by Gasteiger charge is -2.38. The molecular formula is C24H32BrN5O. The molecule has 1 aromatic carbocycles.